The second-order valence-corrected chi connectivity index (χ2v) is 8.39. The van der Waals surface area contributed by atoms with E-state index in [1.807, 2.05) is 16.7 Å². The van der Waals surface area contributed by atoms with Gasteiger partial charge in [-0.05, 0) is 19.8 Å². The number of rotatable bonds is 6. The average Bonchev–Trinajstić information content (AvgIpc) is 2.97. The number of hydrogen-bond acceptors (Lipinski definition) is 3. The van der Waals surface area contributed by atoms with E-state index >= 15 is 0 Å². The molecule has 2 amide bonds. The molecule has 5 nitrogen and oxygen atoms in total. The van der Waals surface area contributed by atoms with Crippen LogP contribution in [-0.2, 0) is 9.59 Å². The van der Waals surface area contributed by atoms with Crippen molar-refractivity contribution in [2.45, 2.75) is 76.3 Å². The molecule has 0 aromatic heterocycles. The van der Waals surface area contributed by atoms with Crippen molar-refractivity contribution in [1.82, 2.24) is 10.2 Å². The molecule has 2 aliphatic heterocycles. The molecule has 0 saturated carbocycles. The molecule has 0 radical (unpaired) electrons. The van der Waals surface area contributed by atoms with Crippen LogP contribution in [0.15, 0.2) is 0 Å². The first-order chi connectivity index (χ1) is 11.0. The van der Waals surface area contributed by atoms with Crippen molar-refractivity contribution in [3.05, 3.63) is 0 Å². The lowest BCUT2D eigenvalue weighted by Gasteiger charge is -2.36. The van der Waals surface area contributed by atoms with Crippen LogP contribution < -0.4 is 10.6 Å². The summed E-state index contributed by atoms with van der Waals surface area (Å²) in [4.78, 5) is 26.6. The Balaban J connectivity index is 1.80. The van der Waals surface area contributed by atoms with Crippen molar-refractivity contribution in [3.63, 3.8) is 0 Å². The highest BCUT2D eigenvalue weighted by atomic mass is 32.2. The van der Waals surface area contributed by atoms with Gasteiger partial charge in [0.15, 0.2) is 6.04 Å². The number of thioether (sulfide) groups is 1. The molecule has 2 atom stereocenters. The highest BCUT2D eigenvalue weighted by Crippen LogP contribution is 2.34. The molecule has 0 unspecified atom stereocenters. The van der Waals surface area contributed by atoms with Gasteiger partial charge in [0.25, 0.3) is 5.91 Å². The quantitative estimate of drug-likeness (QED) is 0.759. The second-order valence-electron chi connectivity index (χ2n) is 6.95. The standard InChI is InChI=1S/C17H31N3O2S/c1-4-6-7-15(21)20-10-8-17(9-11-20)19-14(12-23-17)16(22)18-13(3)5-2/h13-14,19H,4-12H2,1-3H3,(H,18,22)/p+1/t13-,14-/m1/s1. The summed E-state index contributed by atoms with van der Waals surface area (Å²) >= 11 is 1.91. The summed E-state index contributed by atoms with van der Waals surface area (Å²) in [5.74, 6) is 1.35. The number of piperidine rings is 1. The Morgan fingerprint density at radius 3 is 2.65 bits per heavy atom. The summed E-state index contributed by atoms with van der Waals surface area (Å²) in [6.07, 6.45) is 5.68. The highest BCUT2D eigenvalue weighted by Gasteiger charge is 2.48. The average molecular weight is 343 g/mol. The van der Waals surface area contributed by atoms with E-state index in [9.17, 15) is 9.59 Å². The Morgan fingerprint density at radius 1 is 1.35 bits per heavy atom. The number of nitrogens with two attached hydrogens (primary N) is 1. The van der Waals surface area contributed by atoms with Crippen LogP contribution in [0.25, 0.3) is 0 Å². The first-order valence-electron chi connectivity index (χ1n) is 9.08. The molecule has 6 heteroatoms. The third-order valence-electron chi connectivity index (χ3n) is 5.10. The normalized spacial score (nSPS) is 24.7. The molecule has 2 saturated heterocycles. The van der Waals surface area contributed by atoms with E-state index in [1.54, 1.807) is 0 Å². The summed E-state index contributed by atoms with van der Waals surface area (Å²) in [7, 11) is 0. The number of hydrogen-bond donors (Lipinski definition) is 2. The maximum absolute atomic E-state index is 12.3. The van der Waals surface area contributed by atoms with E-state index in [1.165, 1.54) is 0 Å². The Hall–Kier alpha value is -0.750. The zero-order valence-electron chi connectivity index (χ0n) is 14.8. The number of nitrogens with zero attached hydrogens (tertiary/aromatic N) is 1. The van der Waals surface area contributed by atoms with Crippen LogP contribution in [0.2, 0.25) is 0 Å². The van der Waals surface area contributed by atoms with E-state index in [0.717, 1.165) is 50.9 Å². The van der Waals surface area contributed by atoms with Crippen LogP contribution in [0.1, 0.15) is 59.3 Å². The lowest BCUT2D eigenvalue weighted by Crippen LogP contribution is -3.00. The van der Waals surface area contributed by atoms with E-state index in [-0.39, 0.29) is 22.9 Å². The predicted octanol–water partition coefficient (Wildman–Crippen LogP) is 1.09. The lowest BCUT2D eigenvalue weighted by molar-refractivity contribution is -0.714. The Bertz CT molecular complexity index is 422. The molecule has 0 bridgehead atoms. The van der Waals surface area contributed by atoms with Gasteiger partial charge < -0.3 is 15.5 Å². The molecule has 2 heterocycles. The first-order valence-corrected chi connectivity index (χ1v) is 10.1. The fourth-order valence-electron chi connectivity index (χ4n) is 3.25. The molecule has 1 spiro atoms. The molecule has 23 heavy (non-hydrogen) atoms. The third-order valence-corrected chi connectivity index (χ3v) is 6.74. The number of carbonyl (C=O) groups excluding carboxylic acids is 2. The van der Waals surface area contributed by atoms with Gasteiger partial charge in [0, 0.05) is 38.4 Å². The van der Waals surface area contributed by atoms with Crippen LogP contribution in [0.4, 0.5) is 0 Å². The molecule has 0 aromatic carbocycles. The van der Waals surface area contributed by atoms with Crippen molar-refractivity contribution in [2.24, 2.45) is 0 Å². The molecule has 3 N–H and O–H groups in total. The van der Waals surface area contributed by atoms with Gasteiger partial charge in [0.05, 0.1) is 5.75 Å². The zero-order chi connectivity index (χ0) is 16.9. The Kier molecular flexibility index (Phi) is 6.77. The van der Waals surface area contributed by atoms with Gasteiger partial charge >= 0.3 is 0 Å². The molecule has 2 rings (SSSR count). The summed E-state index contributed by atoms with van der Waals surface area (Å²) in [6.45, 7) is 7.94. The molecular formula is C17H32N3O2S+. The van der Waals surface area contributed by atoms with Gasteiger partial charge in [-0.1, -0.05) is 32.0 Å². The van der Waals surface area contributed by atoms with Crippen LogP contribution in [0.3, 0.4) is 0 Å². The van der Waals surface area contributed by atoms with Gasteiger partial charge in [0.1, 0.15) is 4.87 Å². The van der Waals surface area contributed by atoms with Crippen molar-refractivity contribution < 1.29 is 14.9 Å². The van der Waals surface area contributed by atoms with E-state index in [4.69, 9.17) is 0 Å². The molecule has 2 aliphatic rings. The summed E-state index contributed by atoms with van der Waals surface area (Å²) in [5, 5.41) is 5.36. The number of carbonyl (C=O) groups is 2. The molecular weight excluding hydrogens is 310 g/mol. The molecule has 132 valence electrons. The van der Waals surface area contributed by atoms with Crippen LogP contribution in [0.5, 0.6) is 0 Å². The third kappa shape index (κ3) is 4.86. The second kappa shape index (κ2) is 8.38. The van der Waals surface area contributed by atoms with Crippen molar-refractivity contribution in [1.29, 1.82) is 0 Å². The largest absolute Gasteiger partial charge is 0.348 e. The van der Waals surface area contributed by atoms with Gasteiger partial charge in [-0.3, -0.25) is 9.59 Å². The molecule has 0 aliphatic carbocycles. The van der Waals surface area contributed by atoms with E-state index in [0.29, 0.717) is 12.3 Å². The monoisotopic (exact) mass is 342 g/mol. The highest BCUT2D eigenvalue weighted by molar-refractivity contribution is 8.00. The Labute approximate surface area is 144 Å². The molecule has 0 aromatic rings. The van der Waals surface area contributed by atoms with E-state index < -0.39 is 0 Å². The van der Waals surface area contributed by atoms with Crippen LogP contribution in [0, 0.1) is 0 Å². The van der Waals surface area contributed by atoms with Crippen molar-refractivity contribution >= 4 is 23.6 Å². The van der Waals surface area contributed by atoms with Crippen LogP contribution in [-0.4, -0.2) is 52.5 Å². The molecule has 2 fully saturated rings. The fraction of sp³-hybridized carbons (Fsp3) is 0.882. The number of likely N-dealkylation sites (tertiary alicyclic amines) is 1. The lowest BCUT2D eigenvalue weighted by atomic mass is 10.0. The summed E-state index contributed by atoms with van der Waals surface area (Å²) in [6, 6.07) is 0.270. The maximum Gasteiger partial charge on any atom is 0.279 e. The maximum atomic E-state index is 12.3. The predicted molar refractivity (Wildman–Crippen MR) is 94.1 cm³/mol. The minimum atomic E-state index is 0.0244. The van der Waals surface area contributed by atoms with Crippen molar-refractivity contribution in [3.8, 4) is 0 Å². The van der Waals surface area contributed by atoms with Gasteiger partial charge in [0.2, 0.25) is 5.91 Å². The number of unbranched alkanes of at least 4 members (excludes halogenated alkanes) is 1. The van der Waals surface area contributed by atoms with Gasteiger partial charge in [-0.15, -0.1) is 0 Å². The zero-order valence-corrected chi connectivity index (χ0v) is 15.6. The van der Waals surface area contributed by atoms with Gasteiger partial charge in [-0.2, -0.15) is 0 Å². The number of quaternary nitrogens is 1. The fourth-order valence-corrected chi connectivity index (χ4v) is 4.74. The summed E-state index contributed by atoms with van der Waals surface area (Å²) < 4.78 is 0. The Morgan fingerprint density at radius 2 is 2.04 bits per heavy atom. The first kappa shape index (κ1) is 18.6. The number of nitrogens with one attached hydrogen (secondary N) is 1. The minimum absolute atomic E-state index is 0.0244. The van der Waals surface area contributed by atoms with Crippen molar-refractivity contribution in [2.75, 3.05) is 18.8 Å². The smallest absolute Gasteiger partial charge is 0.279 e. The van der Waals surface area contributed by atoms with Crippen LogP contribution >= 0.6 is 11.8 Å². The summed E-state index contributed by atoms with van der Waals surface area (Å²) in [5.41, 5.74) is 0. The topological polar surface area (TPSA) is 66.0 Å². The van der Waals surface area contributed by atoms with E-state index in [2.05, 4.69) is 31.4 Å². The number of amides is 2. The minimum Gasteiger partial charge on any atom is -0.348 e. The van der Waals surface area contributed by atoms with Gasteiger partial charge in [-0.25, -0.2) is 0 Å². The SMILES string of the molecule is CCCCC(=O)N1CCC2(CC1)[NH2+][C@@H](C(=O)N[C@H](C)CC)CS2.